The van der Waals surface area contributed by atoms with Gasteiger partial charge in [-0.25, -0.2) is 4.57 Å². The van der Waals surface area contributed by atoms with Crippen molar-refractivity contribution >= 4 is 13.7 Å². The number of hydrogen-bond acceptors (Lipinski definition) is 5. The number of carbonyl (C=O) groups is 1. The number of unbranched alkanes of at least 4 members (excludes halogenated alkanes) is 11. The maximum atomic E-state index is 12.8. The van der Waals surface area contributed by atoms with E-state index in [0.29, 0.717) is 6.42 Å². The smallest absolute Gasteiger partial charge is 0.344 e. The van der Waals surface area contributed by atoms with E-state index in [1.54, 1.807) is 19.2 Å². The average Bonchev–Trinajstić information content (AvgIpc) is 3.04. The molecule has 12 heteroatoms. The van der Waals surface area contributed by atoms with Gasteiger partial charge in [0, 0.05) is 0 Å². The lowest BCUT2D eigenvalue weighted by molar-refractivity contribution is -0.177. The van der Waals surface area contributed by atoms with Crippen LogP contribution in [0.2, 0.25) is 0 Å². The third-order valence-electron chi connectivity index (χ3n) is 5.96. The Morgan fingerprint density at radius 1 is 0.971 bits per heavy atom. The number of halogens is 3. The van der Waals surface area contributed by atoms with Crippen LogP contribution in [-0.2, 0) is 23.4 Å². The normalized spacial score (nSPS) is 21.3. The minimum atomic E-state index is -5.17. The Bertz CT molecular complexity index is 658. The third kappa shape index (κ3) is 14.6. The fourth-order valence-corrected chi connectivity index (χ4v) is 4.61. The minimum absolute atomic E-state index is 0.472. The molecule has 208 valence electrons. The molecule has 0 spiro atoms. The zero-order valence-electron chi connectivity index (χ0n) is 21.1. The zero-order chi connectivity index (χ0) is 26.5. The van der Waals surface area contributed by atoms with E-state index in [1.807, 2.05) is 0 Å². The molecule has 0 bridgehead atoms. The summed E-state index contributed by atoms with van der Waals surface area (Å²) >= 11 is 0. The van der Waals surface area contributed by atoms with Gasteiger partial charge in [0.1, 0.15) is 6.10 Å². The first-order valence-electron chi connectivity index (χ1n) is 12.7. The standard InChI is InChI=1S/C23H43F3NO7P/c1-4-5-6-7-8-9-10-11-12-13-14-15-16-19-20(34-22(2,3)33-19)18(17-32-35(29,30)31)27-21(28)23(24,25)26/h18-20H,4-17H2,1-3H3,(H,27,28)(H2,29,30,31)/t18-,19+,20-/m0/s1. The number of alkyl halides is 3. The number of carbonyl (C=O) groups excluding carboxylic acids is 1. The summed E-state index contributed by atoms with van der Waals surface area (Å²) in [5.74, 6) is -3.37. The van der Waals surface area contributed by atoms with Crippen molar-refractivity contribution in [2.24, 2.45) is 0 Å². The topological polar surface area (TPSA) is 114 Å². The van der Waals surface area contributed by atoms with Crippen molar-refractivity contribution in [1.82, 2.24) is 5.32 Å². The molecule has 0 unspecified atom stereocenters. The first-order chi connectivity index (χ1) is 16.2. The van der Waals surface area contributed by atoms with Crippen LogP contribution >= 0.6 is 7.82 Å². The van der Waals surface area contributed by atoms with Crippen LogP contribution in [0, 0.1) is 0 Å². The second kappa shape index (κ2) is 15.5. The molecule has 8 nitrogen and oxygen atoms in total. The van der Waals surface area contributed by atoms with E-state index < -0.39 is 50.5 Å². The second-order valence-corrected chi connectivity index (χ2v) is 10.9. The fraction of sp³-hybridized carbons (Fsp3) is 0.957. The summed E-state index contributed by atoms with van der Waals surface area (Å²) in [5, 5.41) is 1.75. The highest BCUT2D eigenvalue weighted by Gasteiger charge is 2.48. The van der Waals surface area contributed by atoms with Gasteiger partial charge in [-0.15, -0.1) is 0 Å². The number of ether oxygens (including phenoxy) is 2. The molecule has 35 heavy (non-hydrogen) atoms. The van der Waals surface area contributed by atoms with Gasteiger partial charge in [-0.3, -0.25) is 9.32 Å². The largest absolute Gasteiger partial charge is 0.471 e. The Hall–Kier alpha value is -0.710. The van der Waals surface area contributed by atoms with Gasteiger partial charge in [0.2, 0.25) is 0 Å². The van der Waals surface area contributed by atoms with E-state index in [-0.39, 0.29) is 0 Å². The van der Waals surface area contributed by atoms with Crippen LogP contribution in [0.5, 0.6) is 0 Å². The second-order valence-electron chi connectivity index (χ2n) is 9.68. The van der Waals surface area contributed by atoms with Gasteiger partial charge in [0.15, 0.2) is 5.79 Å². The Labute approximate surface area is 206 Å². The molecule has 1 aliphatic heterocycles. The summed E-state index contributed by atoms with van der Waals surface area (Å²) in [4.78, 5) is 29.5. The highest BCUT2D eigenvalue weighted by Crippen LogP contribution is 2.38. The molecule has 0 saturated carbocycles. The molecule has 0 aliphatic carbocycles. The molecule has 1 amide bonds. The number of rotatable bonds is 18. The van der Waals surface area contributed by atoms with Gasteiger partial charge in [-0.1, -0.05) is 84.0 Å². The summed E-state index contributed by atoms with van der Waals surface area (Å²) in [7, 11) is -4.97. The van der Waals surface area contributed by atoms with Crippen molar-refractivity contribution in [3.05, 3.63) is 0 Å². The molecule has 0 aromatic heterocycles. The van der Waals surface area contributed by atoms with Crippen LogP contribution < -0.4 is 5.32 Å². The quantitative estimate of drug-likeness (QED) is 0.152. The number of phosphoric acid groups is 1. The summed E-state index contributed by atoms with van der Waals surface area (Å²) < 4.78 is 65.5. The average molecular weight is 534 g/mol. The first kappa shape index (κ1) is 32.3. The van der Waals surface area contributed by atoms with Crippen molar-refractivity contribution < 1.29 is 46.3 Å². The van der Waals surface area contributed by atoms with Crippen molar-refractivity contribution in [2.75, 3.05) is 6.61 Å². The van der Waals surface area contributed by atoms with E-state index >= 15 is 0 Å². The third-order valence-corrected chi connectivity index (χ3v) is 6.44. The molecule has 3 atom stereocenters. The van der Waals surface area contributed by atoms with E-state index in [0.717, 1.165) is 25.7 Å². The Kier molecular flexibility index (Phi) is 14.3. The Balaban J connectivity index is 2.51. The molecule has 1 fully saturated rings. The molecule has 0 aromatic carbocycles. The van der Waals surface area contributed by atoms with Crippen molar-refractivity contribution in [2.45, 2.75) is 134 Å². The molecule has 1 heterocycles. The van der Waals surface area contributed by atoms with Crippen LogP contribution in [0.15, 0.2) is 0 Å². The Morgan fingerprint density at radius 3 is 1.91 bits per heavy atom. The molecule has 1 rings (SSSR count). The maximum absolute atomic E-state index is 12.8. The molecule has 0 radical (unpaired) electrons. The highest BCUT2D eigenvalue weighted by atomic mass is 31.2. The zero-order valence-corrected chi connectivity index (χ0v) is 22.0. The number of amides is 1. The lowest BCUT2D eigenvalue weighted by Crippen LogP contribution is -2.53. The number of nitrogens with one attached hydrogen (secondary N) is 1. The van der Waals surface area contributed by atoms with Crippen LogP contribution in [0.3, 0.4) is 0 Å². The molecular weight excluding hydrogens is 490 g/mol. The molecule has 3 N–H and O–H groups in total. The van der Waals surface area contributed by atoms with Gasteiger partial charge in [-0.2, -0.15) is 13.2 Å². The molecular formula is C23H43F3NO7P. The van der Waals surface area contributed by atoms with Gasteiger partial charge >= 0.3 is 19.9 Å². The number of hydrogen-bond donors (Lipinski definition) is 3. The van der Waals surface area contributed by atoms with Gasteiger partial charge in [-0.05, 0) is 20.3 Å². The van der Waals surface area contributed by atoms with E-state index in [2.05, 4.69) is 11.4 Å². The highest BCUT2D eigenvalue weighted by molar-refractivity contribution is 7.46. The van der Waals surface area contributed by atoms with Gasteiger partial charge in [0.05, 0.1) is 18.8 Å². The van der Waals surface area contributed by atoms with Crippen LogP contribution in [0.1, 0.15) is 104 Å². The predicted molar refractivity (Wildman–Crippen MR) is 126 cm³/mol. The molecule has 1 aliphatic rings. The van der Waals surface area contributed by atoms with Crippen molar-refractivity contribution in [3.8, 4) is 0 Å². The van der Waals surface area contributed by atoms with E-state index in [4.69, 9.17) is 19.3 Å². The Morgan fingerprint density at radius 2 is 1.46 bits per heavy atom. The van der Waals surface area contributed by atoms with Crippen LogP contribution in [0.4, 0.5) is 13.2 Å². The first-order valence-corrected chi connectivity index (χ1v) is 14.2. The fourth-order valence-electron chi connectivity index (χ4n) is 4.26. The predicted octanol–water partition coefficient (Wildman–Crippen LogP) is 5.75. The summed E-state index contributed by atoms with van der Waals surface area (Å²) in [6.45, 7) is 4.53. The molecule has 1 saturated heterocycles. The van der Waals surface area contributed by atoms with Gasteiger partial charge < -0.3 is 24.6 Å². The summed E-state index contributed by atoms with van der Waals surface area (Å²) in [6.07, 6.45) is 7.52. The lowest BCUT2D eigenvalue weighted by atomic mass is 9.99. The summed E-state index contributed by atoms with van der Waals surface area (Å²) in [5.41, 5.74) is 0. The van der Waals surface area contributed by atoms with Crippen molar-refractivity contribution in [3.63, 3.8) is 0 Å². The van der Waals surface area contributed by atoms with Crippen LogP contribution in [0.25, 0.3) is 0 Å². The lowest BCUT2D eigenvalue weighted by Gasteiger charge is -2.28. The van der Waals surface area contributed by atoms with Gasteiger partial charge in [0.25, 0.3) is 0 Å². The summed E-state index contributed by atoms with van der Waals surface area (Å²) in [6, 6.07) is -1.46. The van der Waals surface area contributed by atoms with Crippen molar-refractivity contribution in [1.29, 1.82) is 0 Å². The monoisotopic (exact) mass is 533 g/mol. The van der Waals surface area contributed by atoms with E-state index in [1.165, 1.54) is 51.4 Å². The molecule has 0 aromatic rings. The minimum Gasteiger partial charge on any atom is -0.344 e. The SMILES string of the molecule is CCCCCCCCCCCCCC[C@H]1OC(C)(C)O[C@H]1[C@H](COP(=O)(O)O)NC(=O)C(F)(F)F. The van der Waals surface area contributed by atoms with E-state index in [9.17, 15) is 22.5 Å². The maximum Gasteiger partial charge on any atom is 0.471 e. The number of phosphoric ester groups is 1. The van der Waals surface area contributed by atoms with Crippen LogP contribution in [-0.4, -0.2) is 52.5 Å².